The molecule has 2 heterocycles. The van der Waals surface area contributed by atoms with Gasteiger partial charge in [-0.3, -0.25) is 19.3 Å². The van der Waals surface area contributed by atoms with Gasteiger partial charge in [0.25, 0.3) is 5.91 Å². The number of carbonyl (C=O) groups excluding carboxylic acids is 3. The Morgan fingerprint density at radius 1 is 0.967 bits per heavy atom. The predicted molar refractivity (Wildman–Crippen MR) is 117 cm³/mol. The summed E-state index contributed by atoms with van der Waals surface area (Å²) in [4.78, 5) is 41.2. The van der Waals surface area contributed by atoms with Crippen molar-refractivity contribution in [2.75, 3.05) is 23.3 Å². The largest absolute Gasteiger partial charge is 0.326 e. The number of nitrogens with one attached hydrogen (secondary N) is 1. The van der Waals surface area contributed by atoms with Crippen molar-refractivity contribution in [2.45, 2.75) is 25.3 Å². The number of para-hydroxylation sites is 1. The highest BCUT2D eigenvalue weighted by molar-refractivity contribution is 6.42. The van der Waals surface area contributed by atoms with Crippen LogP contribution in [0, 0.1) is 5.92 Å². The van der Waals surface area contributed by atoms with Gasteiger partial charge in [-0.15, -0.1) is 0 Å². The van der Waals surface area contributed by atoms with Crippen molar-refractivity contribution in [3.8, 4) is 0 Å². The minimum atomic E-state index is -0.509. The molecule has 0 aromatic heterocycles. The number of hydrogen-bond acceptors (Lipinski definition) is 4. The summed E-state index contributed by atoms with van der Waals surface area (Å²) in [6.45, 7) is 1.18. The molecule has 0 spiro atoms. The molecule has 2 aliphatic heterocycles. The normalized spacial score (nSPS) is 20.6. The number of piperidine rings is 1. The minimum absolute atomic E-state index is 0.00731. The maximum absolute atomic E-state index is 13.0. The van der Waals surface area contributed by atoms with E-state index in [2.05, 4.69) is 5.32 Å². The molecule has 1 unspecified atom stereocenters. The predicted octanol–water partition coefficient (Wildman–Crippen LogP) is 3.98. The Bertz CT molecular complexity index is 975. The van der Waals surface area contributed by atoms with E-state index in [0.29, 0.717) is 41.7 Å². The first-order chi connectivity index (χ1) is 14.4. The van der Waals surface area contributed by atoms with E-state index in [4.69, 9.17) is 23.2 Å². The van der Waals surface area contributed by atoms with Crippen molar-refractivity contribution in [3.63, 3.8) is 0 Å². The van der Waals surface area contributed by atoms with Gasteiger partial charge < -0.3 is 5.32 Å². The molecule has 0 bridgehead atoms. The van der Waals surface area contributed by atoms with E-state index in [1.807, 2.05) is 35.2 Å². The van der Waals surface area contributed by atoms with E-state index >= 15 is 0 Å². The zero-order valence-electron chi connectivity index (χ0n) is 16.2. The van der Waals surface area contributed by atoms with Gasteiger partial charge in [-0.25, -0.2) is 4.90 Å². The van der Waals surface area contributed by atoms with Crippen molar-refractivity contribution in [3.05, 3.63) is 58.6 Å². The first kappa shape index (κ1) is 20.8. The Hall–Kier alpha value is -2.41. The molecule has 0 saturated carbocycles. The molecule has 8 heteroatoms. The Morgan fingerprint density at radius 3 is 2.33 bits per heavy atom. The molecular formula is C22H21Cl2N3O3. The van der Waals surface area contributed by atoms with E-state index in [0.717, 1.165) is 5.69 Å². The summed E-state index contributed by atoms with van der Waals surface area (Å²) in [6.07, 6.45) is 1.41. The van der Waals surface area contributed by atoms with Crippen LogP contribution in [-0.2, 0) is 14.4 Å². The smallest absolute Gasteiger partial charge is 0.251 e. The summed E-state index contributed by atoms with van der Waals surface area (Å²) in [5.41, 5.74) is 1.21. The average Bonchev–Trinajstić information content (AvgIpc) is 3.05. The first-order valence-electron chi connectivity index (χ1n) is 9.86. The number of nitrogens with zero attached hydrogens (tertiary/aromatic N) is 2. The van der Waals surface area contributed by atoms with Crippen LogP contribution in [0.4, 0.5) is 11.4 Å². The zero-order valence-corrected chi connectivity index (χ0v) is 17.7. The molecule has 6 nitrogen and oxygen atoms in total. The summed E-state index contributed by atoms with van der Waals surface area (Å²) in [5.74, 6) is -0.634. The molecule has 2 aromatic rings. The van der Waals surface area contributed by atoms with Crippen LogP contribution < -0.4 is 10.2 Å². The molecule has 0 radical (unpaired) electrons. The molecular weight excluding hydrogens is 425 g/mol. The van der Waals surface area contributed by atoms with Gasteiger partial charge in [0.2, 0.25) is 11.8 Å². The highest BCUT2D eigenvalue weighted by atomic mass is 35.5. The summed E-state index contributed by atoms with van der Waals surface area (Å²) in [5, 5.41) is 3.60. The lowest BCUT2D eigenvalue weighted by atomic mass is 9.94. The number of benzene rings is 2. The lowest BCUT2D eigenvalue weighted by Crippen LogP contribution is -2.47. The van der Waals surface area contributed by atoms with E-state index in [1.165, 1.54) is 11.0 Å². The fourth-order valence-corrected chi connectivity index (χ4v) is 4.33. The fourth-order valence-electron chi connectivity index (χ4n) is 4.04. The van der Waals surface area contributed by atoms with Gasteiger partial charge in [0.05, 0.1) is 28.2 Å². The lowest BCUT2D eigenvalue weighted by Gasteiger charge is -2.34. The molecule has 1 N–H and O–H groups in total. The van der Waals surface area contributed by atoms with Gasteiger partial charge in [-0.1, -0.05) is 41.4 Å². The van der Waals surface area contributed by atoms with Crippen molar-refractivity contribution in [1.82, 2.24) is 4.90 Å². The zero-order chi connectivity index (χ0) is 21.3. The molecule has 0 aliphatic carbocycles. The second kappa shape index (κ2) is 8.76. The molecule has 3 amide bonds. The standard InChI is InChI=1S/C22H21Cl2N3O3/c23-17-7-6-16(12-18(17)24)27-20(28)13-19(22(27)30)26-10-8-14(9-11-26)21(29)25-15-4-2-1-3-5-15/h1-7,12,14,19H,8-11,13H2,(H,25,29). The second-order valence-electron chi connectivity index (χ2n) is 7.55. The van der Waals surface area contributed by atoms with Crippen molar-refractivity contribution in [2.24, 2.45) is 5.92 Å². The molecule has 4 rings (SSSR count). The van der Waals surface area contributed by atoms with Crippen LogP contribution in [0.1, 0.15) is 19.3 Å². The van der Waals surface area contributed by atoms with E-state index in [9.17, 15) is 14.4 Å². The molecule has 156 valence electrons. The summed E-state index contributed by atoms with van der Waals surface area (Å²) >= 11 is 12.0. The Labute approximate surface area is 184 Å². The highest BCUT2D eigenvalue weighted by Crippen LogP contribution is 2.32. The van der Waals surface area contributed by atoms with Gasteiger partial charge in [0, 0.05) is 11.6 Å². The van der Waals surface area contributed by atoms with Crippen molar-refractivity contribution >= 4 is 52.3 Å². The molecule has 2 fully saturated rings. The first-order valence-corrected chi connectivity index (χ1v) is 10.6. The van der Waals surface area contributed by atoms with E-state index in [-0.39, 0.29) is 30.1 Å². The number of anilines is 2. The van der Waals surface area contributed by atoms with Crippen LogP contribution in [0.15, 0.2) is 48.5 Å². The monoisotopic (exact) mass is 445 g/mol. The maximum Gasteiger partial charge on any atom is 0.251 e. The maximum atomic E-state index is 13.0. The van der Waals surface area contributed by atoms with Crippen LogP contribution in [0.5, 0.6) is 0 Å². The number of hydrogen-bond donors (Lipinski definition) is 1. The van der Waals surface area contributed by atoms with Gasteiger partial charge in [-0.05, 0) is 56.3 Å². The van der Waals surface area contributed by atoms with Crippen LogP contribution >= 0.6 is 23.2 Å². The van der Waals surface area contributed by atoms with Crippen LogP contribution in [0.2, 0.25) is 10.0 Å². The van der Waals surface area contributed by atoms with Crippen molar-refractivity contribution in [1.29, 1.82) is 0 Å². The molecule has 2 saturated heterocycles. The highest BCUT2D eigenvalue weighted by Gasteiger charge is 2.44. The Balaban J connectivity index is 1.38. The quantitative estimate of drug-likeness (QED) is 0.722. The van der Waals surface area contributed by atoms with Crippen LogP contribution in [-0.4, -0.2) is 41.8 Å². The topological polar surface area (TPSA) is 69.7 Å². The van der Waals surface area contributed by atoms with Crippen LogP contribution in [0.25, 0.3) is 0 Å². The summed E-state index contributed by atoms with van der Waals surface area (Å²) in [7, 11) is 0. The van der Waals surface area contributed by atoms with E-state index < -0.39 is 6.04 Å². The third kappa shape index (κ3) is 4.21. The minimum Gasteiger partial charge on any atom is -0.326 e. The Kier molecular flexibility index (Phi) is 6.09. The second-order valence-corrected chi connectivity index (χ2v) is 8.37. The van der Waals surface area contributed by atoms with Crippen molar-refractivity contribution < 1.29 is 14.4 Å². The molecule has 1 atom stereocenters. The number of rotatable bonds is 4. The lowest BCUT2D eigenvalue weighted by molar-refractivity contribution is -0.123. The third-order valence-electron chi connectivity index (χ3n) is 5.67. The summed E-state index contributed by atoms with van der Waals surface area (Å²) < 4.78 is 0. The fraction of sp³-hybridized carbons (Fsp3) is 0.318. The molecule has 30 heavy (non-hydrogen) atoms. The summed E-state index contributed by atoms with van der Waals surface area (Å²) in [6, 6.07) is 13.6. The van der Waals surface area contributed by atoms with E-state index in [1.54, 1.807) is 12.1 Å². The van der Waals surface area contributed by atoms with Gasteiger partial charge in [0.1, 0.15) is 0 Å². The molecule has 2 aromatic carbocycles. The number of halogens is 2. The number of likely N-dealkylation sites (tertiary alicyclic amines) is 1. The average molecular weight is 446 g/mol. The number of amides is 3. The third-order valence-corrected chi connectivity index (χ3v) is 6.41. The SMILES string of the molecule is O=C(Nc1ccccc1)C1CCN(C2CC(=O)N(c3ccc(Cl)c(Cl)c3)C2=O)CC1. The van der Waals surface area contributed by atoms with Gasteiger partial charge >= 0.3 is 0 Å². The van der Waals surface area contributed by atoms with Crippen LogP contribution in [0.3, 0.4) is 0 Å². The molecule has 2 aliphatic rings. The number of carbonyl (C=O) groups is 3. The van der Waals surface area contributed by atoms with Gasteiger partial charge in [-0.2, -0.15) is 0 Å². The number of imide groups is 1. The van der Waals surface area contributed by atoms with Gasteiger partial charge in [0.15, 0.2) is 0 Å². The Morgan fingerprint density at radius 2 is 1.67 bits per heavy atom.